The van der Waals surface area contributed by atoms with Crippen molar-refractivity contribution in [2.45, 2.75) is 0 Å². The first-order valence-electron chi connectivity index (χ1n) is 18.4. The molecule has 55 heavy (non-hydrogen) atoms. The van der Waals surface area contributed by atoms with Crippen LogP contribution >= 0.6 is 11.3 Å². The second-order valence-corrected chi connectivity index (χ2v) is 14.7. The molecule has 0 aliphatic heterocycles. The molecule has 4 heteroatoms. The predicted molar refractivity (Wildman–Crippen MR) is 231 cm³/mol. The molecule has 0 saturated carbocycles. The molecule has 0 amide bonds. The summed E-state index contributed by atoms with van der Waals surface area (Å²) in [5, 5.41) is 1.16. The van der Waals surface area contributed by atoms with Crippen LogP contribution in [0, 0.1) is 0 Å². The Morgan fingerprint density at radius 3 is 1.44 bits per heavy atom. The normalized spacial score (nSPS) is 11.3. The van der Waals surface area contributed by atoms with Gasteiger partial charge in [0.05, 0.1) is 27.3 Å². The van der Waals surface area contributed by atoms with Crippen molar-refractivity contribution >= 4 is 31.6 Å². The van der Waals surface area contributed by atoms with Crippen molar-refractivity contribution in [1.82, 2.24) is 15.0 Å². The molecule has 0 aliphatic rings. The summed E-state index contributed by atoms with van der Waals surface area (Å²) in [5.74, 6) is 0.735. The van der Waals surface area contributed by atoms with Gasteiger partial charge >= 0.3 is 0 Å². The summed E-state index contributed by atoms with van der Waals surface area (Å²) < 4.78 is 2.31. The SMILES string of the molecule is c1ccc(-c2cc(-c3ccccc3)nc(-c3cccc(-c4cccc(-c5cccc(-c6nc(-c7ccccc7)nc7c6sc6ccccc67)c5)c4)c3)c2)cc1. The van der Waals surface area contributed by atoms with Gasteiger partial charge < -0.3 is 0 Å². The van der Waals surface area contributed by atoms with Crippen molar-refractivity contribution < 1.29 is 0 Å². The number of pyridine rings is 1. The lowest BCUT2D eigenvalue weighted by molar-refractivity contribution is 1.24. The maximum absolute atomic E-state index is 5.22. The van der Waals surface area contributed by atoms with Gasteiger partial charge in [-0.3, -0.25) is 0 Å². The van der Waals surface area contributed by atoms with E-state index in [9.17, 15) is 0 Å². The molecular weight excluding hydrogens is 687 g/mol. The van der Waals surface area contributed by atoms with Crippen LogP contribution in [-0.4, -0.2) is 15.0 Å². The molecule has 0 N–H and O–H groups in total. The summed E-state index contributed by atoms with van der Waals surface area (Å²) in [6.45, 7) is 0. The Bertz CT molecular complexity index is 2910. The van der Waals surface area contributed by atoms with Crippen LogP contribution in [0.4, 0.5) is 0 Å². The number of aromatic nitrogens is 3. The highest BCUT2D eigenvalue weighted by atomic mass is 32.1. The summed E-state index contributed by atoms with van der Waals surface area (Å²) in [6, 6.07) is 70.4. The summed E-state index contributed by atoms with van der Waals surface area (Å²) in [5.41, 5.74) is 15.0. The number of hydrogen-bond donors (Lipinski definition) is 0. The third-order valence-electron chi connectivity index (χ3n) is 10.1. The van der Waals surface area contributed by atoms with Crippen molar-refractivity contribution in [1.29, 1.82) is 0 Å². The minimum Gasteiger partial charge on any atom is -0.248 e. The molecule has 3 nitrogen and oxygen atoms in total. The average Bonchev–Trinajstić information content (AvgIpc) is 3.66. The predicted octanol–water partition coefficient (Wildman–Crippen LogP) is 13.9. The molecule has 10 rings (SSSR count). The van der Waals surface area contributed by atoms with Gasteiger partial charge in [-0.1, -0.05) is 164 Å². The van der Waals surface area contributed by atoms with Gasteiger partial charge in [0.25, 0.3) is 0 Å². The Kier molecular flexibility index (Phi) is 8.36. The third-order valence-corrected chi connectivity index (χ3v) is 11.2. The number of thiophene rings is 1. The first kappa shape index (κ1) is 32.6. The van der Waals surface area contributed by atoms with Gasteiger partial charge in [-0.25, -0.2) is 15.0 Å². The van der Waals surface area contributed by atoms with Gasteiger partial charge in [0, 0.05) is 32.3 Å². The van der Waals surface area contributed by atoms with E-state index in [1.54, 1.807) is 11.3 Å². The first-order chi connectivity index (χ1) is 27.2. The molecule has 0 spiro atoms. The van der Waals surface area contributed by atoms with Crippen LogP contribution in [0.15, 0.2) is 200 Å². The second-order valence-electron chi connectivity index (χ2n) is 13.6. The maximum atomic E-state index is 5.22. The number of hydrogen-bond acceptors (Lipinski definition) is 4. The number of benzene rings is 7. The monoisotopic (exact) mass is 719 g/mol. The van der Waals surface area contributed by atoms with Gasteiger partial charge in [0.2, 0.25) is 0 Å². The highest BCUT2D eigenvalue weighted by molar-refractivity contribution is 7.26. The highest BCUT2D eigenvalue weighted by Crippen LogP contribution is 2.40. The zero-order valence-electron chi connectivity index (χ0n) is 29.8. The van der Waals surface area contributed by atoms with E-state index in [0.717, 1.165) is 88.6 Å². The fourth-order valence-corrected chi connectivity index (χ4v) is 8.47. The third kappa shape index (κ3) is 6.39. The average molecular weight is 720 g/mol. The van der Waals surface area contributed by atoms with E-state index in [4.69, 9.17) is 15.0 Å². The van der Waals surface area contributed by atoms with Crippen molar-refractivity contribution in [2.24, 2.45) is 0 Å². The fourth-order valence-electron chi connectivity index (χ4n) is 7.32. The standard InChI is InChI=1S/C51H33N3S/c1-4-15-34(16-5-1)43-32-45(35-17-6-2-7-18-35)52-46(33-43)41-25-13-23-39(30-41)37-21-12-22-38(29-37)40-24-14-26-42(31-40)48-50-49(44-27-10-11-28-47(44)55-50)54-51(53-48)36-19-8-3-9-20-36/h1-33H. The lowest BCUT2D eigenvalue weighted by atomic mass is 9.95. The molecule has 0 radical (unpaired) electrons. The lowest BCUT2D eigenvalue weighted by Gasteiger charge is -2.12. The molecule has 0 unspecified atom stereocenters. The van der Waals surface area contributed by atoms with E-state index in [-0.39, 0.29) is 0 Å². The Hall–Kier alpha value is -7.01. The Balaban J connectivity index is 1.04. The zero-order valence-corrected chi connectivity index (χ0v) is 30.6. The highest BCUT2D eigenvalue weighted by Gasteiger charge is 2.17. The van der Waals surface area contributed by atoms with Crippen LogP contribution in [0.1, 0.15) is 0 Å². The van der Waals surface area contributed by atoms with Crippen LogP contribution in [0.2, 0.25) is 0 Å². The number of fused-ring (bicyclic) bond motifs is 3. The molecule has 0 bridgehead atoms. The Morgan fingerprint density at radius 2 is 0.782 bits per heavy atom. The van der Waals surface area contributed by atoms with Crippen molar-refractivity contribution in [3.05, 3.63) is 200 Å². The van der Waals surface area contributed by atoms with Crippen LogP contribution in [0.25, 0.3) is 98.8 Å². The summed E-state index contributed by atoms with van der Waals surface area (Å²) in [4.78, 5) is 15.5. The molecule has 3 heterocycles. The molecule has 3 aromatic heterocycles. The molecule has 0 saturated heterocycles. The summed E-state index contributed by atoms with van der Waals surface area (Å²) in [6.07, 6.45) is 0. The lowest BCUT2D eigenvalue weighted by Crippen LogP contribution is -1.93. The van der Waals surface area contributed by atoms with E-state index in [1.807, 2.05) is 24.3 Å². The van der Waals surface area contributed by atoms with Crippen molar-refractivity contribution in [3.63, 3.8) is 0 Å². The van der Waals surface area contributed by atoms with Gasteiger partial charge in [-0.15, -0.1) is 11.3 Å². The van der Waals surface area contributed by atoms with Crippen molar-refractivity contribution in [2.75, 3.05) is 0 Å². The molecule has 258 valence electrons. The minimum atomic E-state index is 0.735. The van der Waals surface area contributed by atoms with Gasteiger partial charge in [-0.2, -0.15) is 0 Å². The first-order valence-corrected chi connectivity index (χ1v) is 19.2. The van der Waals surface area contributed by atoms with Gasteiger partial charge in [0.15, 0.2) is 5.82 Å². The van der Waals surface area contributed by atoms with Crippen LogP contribution in [-0.2, 0) is 0 Å². The van der Waals surface area contributed by atoms with Crippen molar-refractivity contribution in [3.8, 4) is 78.5 Å². The van der Waals surface area contributed by atoms with Crippen LogP contribution < -0.4 is 0 Å². The van der Waals surface area contributed by atoms with E-state index in [1.165, 1.54) is 10.3 Å². The minimum absolute atomic E-state index is 0.735. The van der Waals surface area contributed by atoms with Gasteiger partial charge in [0.1, 0.15) is 0 Å². The molecule has 0 fully saturated rings. The Labute approximate surface area is 323 Å². The molecular formula is C51H33N3S. The molecule has 10 aromatic rings. The van der Waals surface area contributed by atoms with E-state index in [2.05, 4.69) is 176 Å². The largest absolute Gasteiger partial charge is 0.248 e. The quantitative estimate of drug-likeness (QED) is 0.165. The van der Waals surface area contributed by atoms with E-state index >= 15 is 0 Å². The fraction of sp³-hybridized carbons (Fsp3) is 0. The smallest absolute Gasteiger partial charge is 0.160 e. The second kappa shape index (κ2) is 14.1. The van der Waals surface area contributed by atoms with Gasteiger partial charge in [-0.05, 0) is 69.8 Å². The van der Waals surface area contributed by atoms with E-state index < -0.39 is 0 Å². The number of rotatable bonds is 7. The van der Waals surface area contributed by atoms with Crippen LogP contribution in [0.5, 0.6) is 0 Å². The number of nitrogens with zero attached hydrogens (tertiary/aromatic N) is 3. The summed E-state index contributed by atoms with van der Waals surface area (Å²) >= 11 is 1.76. The maximum Gasteiger partial charge on any atom is 0.160 e. The molecule has 0 aliphatic carbocycles. The summed E-state index contributed by atoms with van der Waals surface area (Å²) in [7, 11) is 0. The topological polar surface area (TPSA) is 38.7 Å². The van der Waals surface area contributed by atoms with Crippen LogP contribution in [0.3, 0.4) is 0 Å². The van der Waals surface area contributed by atoms with E-state index in [0.29, 0.717) is 0 Å². The molecule has 7 aromatic carbocycles. The molecule has 0 atom stereocenters. The Morgan fingerprint density at radius 1 is 0.309 bits per heavy atom. The zero-order chi connectivity index (χ0) is 36.6.